The quantitative estimate of drug-likeness (QED) is 0.253. The summed E-state index contributed by atoms with van der Waals surface area (Å²) < 4.78 is 9.97. The Morgan fingerprint density at radius 3 is 2.59 bits per heavy atom. The third-order valence-corrected chi connectivity index (χ3v) is 9.94. The Bertz CT molecular complexity index is 1050. The zero-order chi connectivity index (χ0) is 26.7. The normalized spacial score (nSPS) is 29.6. The minimum Gasteiger partial charge on any atom is -0.497 e. The zero-order valence-corrected chi connectivity index (χ0v) is 22.3. The maximum atomic E-state index is 14.5. The number of thioether (sulfide) groups is 1. The molecule has 3 fully saturated rings. The molecule has 0 saturated carbocycles. The molecular formula is C28H36N2O6S. The Balaban J connectivity index is 1.76. The number of anilines is 1. The average Bonchev–Trinajstić information content (AvgIpc) is 3.49. The molecule has 3 unspecified atom stereocenters. The first-order valence-corrected chi connectivity index (χ1v) is 13.7. The highest BCUT2D eigenvalue weighted by Gasteiger charge is 2.76. The highest BCUT2D eigenvalue weighted by molar-refractivity contribution is 8.02. The van der Waals surface area contributed by atoms with E-state index in [1.54, 1.807) is 46.9 Å². The molecule has 0 radical (unpaired) electrons. The molecule has 1 aromatic carbocycles. The fraction of sp³-hybridized carbons (Fsp3) is 0.536. The molecule has 1 aromatic rings. The fourth-order valence-electron chi connectivity index (χ4n) is 6.30. The molecule has 4 rings (SSSR count). The molecule has 6 atom stereocenters. The van der Waals surface area contributed by atoms with Gasteiger partial charge in [0.2, 0.25) is 5.91 Å². The predicted molar refractivity (Wildman–Crippen MR) is 143 cm³/mol. The topological polar surface area (TPSA) is 96.4 Å². The van der Waals surface area contributed by atoms with Gasteiger partial charge in [0.15, 0.2) is 0 Å². The highest BCUT2D eigenvalue weighted by atomic mass is 32.2. The molecule has 0 aliphatic carbocycles. The second-order valence-corrected chi connectivity index (χ2v) is 11.4. The Kier molecular flexibility index (Phi) is 8.33. The van der Waals surface area contributed by atoms with Crippen LogP contribution < -0.4 is 9.64 Å². The number of carbonyl (C=O) groups is 3. The first-order chi connectivity index (χ1) is 17.8. The van der Waals surface area contributed by atoms with Crippen LogP contribution >= 0.6 is 11.8 Å². The van der Waals surface area contributed by atoms with Crippen LogP contribution in [-0.2, 0) is 19.1 Å². The van der Waals surface area contributed by atoms with Crippen molar-refractivity contribution in [3.63, 3.8) is 0 Å². The fourth-order valence-corrected chi connectivity index (χ4v) is 8.70. The number of esters is 1. The van der Waals surface area contributed by atoms with Crippen LogP contribution in [-0.4, -0.2) is 77.2 Å². The molecule has 1 spiro atoms. The van der Waals surface area contributed by atoms with Crippen molar-refractivity contribution in [1.29, 1.82) is 0 Å². The van der Waals surface area contributed by atoms with Crippen molar-refractivity contribution in [2.45, 2.75) is 42.2 Å². The first kappa shape index (κ1) is 27.3. The molecule has 9 heteroatoms. The van der Waals surface area contributed by atoms with Crippen molar-refractivity contribution in [2.75, 3.05) is 38.3 Å². The SMILES string of the molecule is C=CCOC(=O)[C@@H]1[C@@H]2CC(C)C3(S2)C(C(=O)N(CC=C)c2ccc(OC)cc2)N(CCCCO)C(=O)[C@H]13. The monoisotopic (exact) mass is 528 g/mol. The van der Waals surface area contributed by atoms with Crippen LogP contribution in [0.3, 0.4) is 0 Å². The predicted octanol–water partition coefficient (Wildman–Crippen LogP) is 3.05. The number of benzene rings is 1. The number of nitrogens with zero attached hydrogens (tertiary/aromatic N) is 2. The van der Waals surface area contributed by atoms with E-state index in [4.69, 9.17) is 9.47 Å². The van der Waals surface area contributed by atoms with Gasteiger partial charge in [-0.05, 0) is 49.4 Å². The van der Waals surface area contributed by atoms with Crippen molar-refractivity contribution in [1.82, 2.24) is 4.90 Å². The summed E-state index contributed by atoms with van der Waals surface area (Å²) in [5.41, 5.74) is 0.681. The molecule has 3 heterocycles. The van der Waals surface area contributed by atoms with Gasteiger partial charge < -0.3 is 24.4 Å². The first-order valence-electron chi connectivity index (χ1n) is 12.8. The summed E-state index contributed by atoms with van der Waals surface area (Å²) in [6, 6.07) is 6.49. The van der Waals surface area contributed by atoms with Gasteiger partial charge in [-0.1, -0.05) is 25.7 Å². The lowest BCUT2D eigenvalue weighted by Gasteiger charge is -2.40. The van der Waals surface area contributed by atoms with Crippen LogP contribution in [0.2, 0.25) is 0 Å². The summed E-state index contributed by atoms with van der Waals surface area (Å²) in [6.45, 7) is 10.3. The Morgan fingerprint density at radius 1 is 1.24 bits per heavy atom. The average molecular weight is 529 g/mol. The molecule has 2 bridgehead atoms. The number of amides is 2. The number of hydrogen-bond acceptors (Lipinski definition) is 7. The van der Waals surface area contributed by atoms with Crippen LogP contribution in [0.15, 0.2) is 49.6 Å². The summed E-state index contributed by atoms with van der Waals surface area (Å²) in [6.07, 6.45) is 5.01. The lowest BCUT2D eigenvalue weighted by atomic mass is 9.66. The zero-order valence-electron chi connectivity index (χ0n) is 21.5. The summed E-state index contributed by atoms with van der Waals surface area (Å²) in [5, 5.41) is 9.28. The van der Waals surface area contributed by atoms with E-state index in [-0.39, 0.29) is 42.7 Å². The molecule has 3 saturated heterocycles. The summed E-state index contributed by atoms with van der Waals surface area (Å²) >= 11 is 1.62. The maximum absolute atomic E-state index is 14.5. The van der Waals surface area contributed by atoms with Gasteiger partial charge in [-0.2, -0.15) is 0 Å². The van der Waals surface area contributed by atoms with Gasteiger partial charge in [0.1, 0.15) is 18.4 Å². The Morgan fingerprint density at radius 2 is 1.97 bits per heavy atom. The summed E-state index contributed by atoms with van der Waals surface area (Å²) in [7, 11) is 1.58. The van der Waals surface area contributed by atoms with Crippen LogP contribution in [0.25, 0.3) is 0 Å². The van der Waals surface area contributed by atoms with E-state index in [1.807, 2.05) is 12.1 Å². The number of aliphatic hydroxyl groups excluding tert-OH is 1. The lowest BCUT2D eigenvalue weighted by molar-refractivity contribution is -0.153. The third-order valence-electron chi connectivity index (χ3n) is 7.86. The number of fused-ring (bicyclic) bond motifs is 1. The minimum atomic E-state index is -0.743. The second-order valence-electron chi connectivity index (χ2n) is 9.87. The second kappa shape index (κ2) is 11.3. The van der Waals surface area contributed by atoms with E-state index in [9.17, 15) is 19.5 Å². The number of aliphatic hydroxyl groups is 1. The van der Waals surface area contributed by atoms with Crippen LogP contribution in [0.4, 0.5) is 5.69 Å². The van der Waals surface area contributed by atoms with E-state index < -0.39 is 28.6 Å². The number of ether oxygens (including phenoxy) is 2. The number of methoxy groups -OCH3 is 1. The third kappa shape index (κ3) is 4.56. The largest absolute Gasteiger partial charge is 0.497 e. The van der Waals surface area contributed by atoms with E-state index in [2.05, 4.69) is 20.1 Å². The standard InChI is InChI=1S/C28H36N2O6S/c1-5-13-29(19-9-11-20(35-4)12-10-19)26(33)24-28-18(3)17-21(37-28)22(27(34)36-16-6-2)23(28)25(32)30(24)14-7-8-15-31/h5-6,9-12,18,21-24,31H,1-2,7-8,13-17H2,3-4H3/t18?,21-,22+,23-,24?,28?/m0/s1. The van der Waals surface area contributed by atoms with E-state index >= 15 is 0 Å². The van der Waals surface area contributed by atoms with Gasteiger partial charge in [0.05, 0.1) is 23.7 Å². The van der Waals surface area contributed by atoms with Gasteiger partial charge in [0, 0.05) is 30.6 Å². The van der Waals surface area contributed by atoms with Crippen molar-refractivity contribution < 1.29 is 29.0 Å². The summed E-state index contributed by atoms with van der Waals surface area (Å²) in [5.74, 6) is -1.26. The maximum Gasteiger partial charge on any atom is 0.311 e. The molecule has 3 aliphatic heterocycles. The number of unbranched alkanes of at least 4 members (excludes halogenated alkanes) is 1. The molecule has 1 N–H and O–H groups in total. The van der Waals surface area contributed by atoms with Gasteiger partial charge >= 0.3 is 5.97 Å². The lowest BCUT2D eigenvalue weighted by Crippen LogP contribution is -2.57. The molecule has 2 amide bonds. The van der Waals surface area contributed by atoms with Crippen molar-refractivity contribution >= 4 is 35.2 Å². The summed E-state index contributed by atoms with van der Waals surface area (Å²) in [4.78, 5) is 45.0. The number of hydrogen-bond donors (Lipinski definition) is 1. The Hall–Kier alpha value is -2.78. The van der Waals surface area contributed by atoms with Crippen molar-refractivity contribution in [2.24, 2.45) is 17.8 Å². The molecule has 0 aromatic heterocycles. The van der Waals surface area contributed by atoms with Gasteiger partial charge in [-0.25, -0.2) is 0 Å². The van der Waals surface area contributed by atoms with Gasteiger partial charge in [0.25, 0.3) is 5.91 Å². The van der Waals surface area contributed by atoms with Crippen molar-refractivity contribution in [3.8, 4) is 5.75 Å². The smallest absolute Gasteiger partial charge is 0.311 e. The number of likely N-dealkylation sites (tertiary alicyclic amines) is 1. The van der Waals surface area contributed by atoms with Crippen LogP contribution in [0.1, 0.15) is 26.2 Å². The minimum absolute atomic E-state index is 0.00732. The number of rotatable bonds is 12. The highest BCUT2D eigenvalue weighted by Crippen LogP contribution is 2.68. The molecule has 37 heavy (non-hydrogen) atoms. The molecular weight excluding hydrogens is 492 g/mol. The van der Waals surface area contributed by atoms with Crippen LogP contribution in [0.5, 0.6) is 5.75 Å². The van der Waals surface area contributed by atoms with Crippen LogP contribution in [0, 0.1) is 17.8 Å². The molecule has 200 valence electrons. The van der Waals surface area contributed by atoms with E-state index in [1.165, 1.54) is 6.08 Å². The van der Waals surface area contributed by atoms with Gasteiger partial charge in [-0.15, -0.1) is 18.3 Å². The molecule has 3 aliphatic rings. The van der Waals surface area contributed by atoms with E-state index in [0.717, 1.165) is 6.42 Å². The van der Waals surface area contributed by atoms with Crippen molar-refractivity contribution in [3.05, 3.63) is 49.6 Å². The molecule has 8 nitrogen and oxygen atoms in total. The van der Waals surface area contributed by atoms with Gasteiger partial charge in [-0.3, -0.25) is 14.4 Å². The van der Waals surface area contributed by atoms with E-state index in [0.29, 0.717) is 30.8 Å². The Labute approximate surface area is 222 Å². The number of carbonyl (C=O) groups excluding carboxylic acids is 3.